The summed E-state index contributed by atoms with van der Waals surface area (Å²) in [6.45, 7) is 7.23. The van der Waals surface area contributed by atoms with Crippen LogP contribution in [0.1, 0.15) is 46.0 Å². The summed E-state index contributed by atoms with van der Waals surface area (Å²) in [5.74, 6) is 1.36. The van der Waals surface area contributed by atoms with Crippen molar-refractivity contribution in [3.63, 3.8) is 0 Å². The first-order valence-electron chi connectivity index (χ1n) is 7.20. The third-order valence-electron chi connectivity index (χ3n) is 4.28. The van der Waals surface area contributed by atoms with Crippen molar-refractivity contribution in [2.45, 2.75) is 52.0 Å². The predicted octanol–water partition coefficient (Wildman–Crippen LogP) is 2.02. The second-order valence-electron chi connectivity index (χ2n) is 5.92. The van der Waals surface area contributed by atoms with E-state index in [-0.39, 0.29) is 0 Å². The fourth-order valence-corrected chi connectivity index (χ4v) is 3.03. The molecule has 17 heavy (non-hydrogen) atoms. The zero-order valence-electron chi connectivity index (χ0n) is 11.2. The van der Waals surface area contributed by atoms with E-state index < -0.39 is 0 Å². The molecule has 1 aliphatic heterocycles. The minimum absolute atomic E-state index is 0.328. The summed E-state index contributed by atoms with van der Waals surface area (Å²) in [7, 11) is 0. The second kappa shape index (κ2) is 5.85. The van der Waals surface area contributed by atoms with Gasteiger partial charge in [-0.3, -0.25) is 4.79 Å². The highest BCUT2D eigenvalue weighted by molar-refractivity contribution is 5.79. The SMILES string of the molecule is CC(C)C1CN(C(=O)C2CCCCC2)CCN1. The molecular weight excluding hydrogens is 212 g/mol. The van der Waals surface area contributed by atoms with E-state index in [4.69, 9.17) is 0 Å². The van der Waals surface area contributed by atoms with Gasteiger partial charge < -0.3 is 10.2 Å². The number of rotatable bonds is 2. The fourth-order valence-electron chi connectivity index (χ4n) is 3.03. The van der Waals surface area contributed by atoms with Crippen LogP contribution in [0, 0.1) is 11.8 Å². The molecule has 98 valence electrons. The molecule has 0 aromatic carbocycles. The van der Waals surface area contributed by atoms with Crippen LogP contribution in [0.3, 0.4) is 0 Å². The molecule has 3 nitrogen and oxygen atoms in total. The van der Waals surface area contributed by atoms with Crippen molar-refractivity contribution in [2.24, 2.45) is 11.8 Å². The molecule has 0 spiro atoms. The van der Waals surface area contributed by atoms with Gasteiger partial charge in [-0.1, -0.05) is 33.1 Å². The molecule has 0 bridgehead atoms. The highest BCUT2D eigenvalue weighted by atomic mass is 16.2. The van der Waals surface area contributed by atoms with Gasteiger partial charge >= 0.3 is 0 Å². The van der Waals surface area contributed by atoms with Crippen molar-refractivity contribution in [3.05, 3.63) is 0 Å². The van der Waals surface area contributed by atoms with E-state index >= 15 is 0 Å². The van der Waals surface area contributed by atoms with Crippen LogP contribution in [0.25, 0.3) is 0 Å². The maximum absolute atomic E-state index is 12.4. The quantitative estimate of drug-likeness (QED) is 0.798. The Labute approximate surface area is 105 Å². The summed E-state index contributed by atoms with van der Waals surface area (Å²) >= 11 is 0. The zero-order valence-corrected chi connectivity index (χ0v) is 11.2. The van der Waals surface area contributed by atoms with E-state index in [0.29, 0.717) is 23.8 Å². The topological polar surface area (TPSA) is 32.3 Å². The van der Waals surface area contributed by atoms with Crippen LogP contribution in [0.15, 0.2) is 0 Å². The van der Waals surface area contributed by atoms with Crippen molar-refractivity contribution < 1.29 is 4.79 Å². The van der Waals surface area contributed by atoms with Crippen LogP contribution in [-0.2, 0) is 4.79 Å². The molecule has 1 amide bonds. The van der Waals surface area contributed by atoms with Crippen molar-refractivity contribution in [1.29, 1.82) is 0 Å². The Hall–Kier alpha value is -0.570. The van der Waals surface area contributed by atoms with E-state index in [1.165, 1.54) is 19.3 Å². The minimum atomic E-state index is 0.328. The summed E-state index contributed by atoms with van der Waals surface area (Å²) in [5.41, 5.74) is 0. The van der Waals surface area contributed by atoms with Gasteiger partial charge in [-0.2, -0.15) is 0 Å². The second-order valence-corrected chi connectivity index (χ2v) is 5.92. The Morgan fingerprint density at radius 3 is 2.59 bits per heavy atom. The van der Waals surface area contributed by atoms with Gasteiger partial charge in [-0.25, -0.2) is 0 Å². The third-order valence-corrected chi connectivity index (χ3v) is 4.28. The molecule has 2 aliphatic rings. The van der Waals surface area contributed by atoms with Crippen LogP contribution in [0.4, 0.5) is 0 Å². The number of hydrogen-bond donors (Lipinski definition) is 1. The van der Waals surface area contributed by atoms with E-state index in [1.807, 2.05) is 0 Å². The molecule has 2 rings (SSSR count). The monoisotopic (exact) mass is 238 g/mol. The smallest absolute Gasteiger partial charge is 0.225 e. The normalized spacial score (nSPS) is 27.5. The number of nitrogens with zero attached hydrogens (tertiary/aromatic N) is 1. The molecule has 0 aromatic rings. The van der Waals surface area contributed by atoms with Crippen molar-refractivity contribution >= 4 is 5.91 Å². The van der Waals surface area contributed by atoms with Crippen molar-refractivity contribution in [3.8, 4) is 0 Å². The first kappa shape index (κ1) is 12.9. The maximum Gasteiger partial charge on any atom is 0.225 e. The summed E-state index contributed by atoms with van der Waals surface area (Å²) < 4.78 is 0. The summed E-state index contributed by atoms with van der Waals surface area (Å²) in [6, 6.07) is 0.483. The van der Waals surface area contributed by atoms with Crippen LogP contribution < -0.4 is 5.32 Å². The highest BCUT2D eigenvalue weighted by Crippen LogP contribution is 2.26. The lowest BCUT2D eigenvalue weighted by Crippen LogP contribution is -2.55. The van der Waals surface area contributed by atoms with Gasteiger partial charge in [-0.05, 0) is 18.8 Å². The Morgan fingerprint density at radius 1 is 1.24 bits per heavy atom. The molecule has 0 aromatic heterocycles. The summed E-state index contributed by atoms with van der Waals surface area (Å²) in [6.07, 6.45) is 6.05. The maximum atomic E-state index is 12.4. The van der Waals surface area contributed by atoms with Crippen LogP contribution >= 0.6 is 0 Å². The van der Waals surface area contributed by atoms with Gasteiger partial charge in [0.1, 0.15) is 0 Å². The Morgan fingerprint density at radius 2 is 1.94 bits per heavy atom. The summed E-state index contributed by atoms with van der Waals surface area (Å²) in [5, 5.41) is 3.51. The van der Waals surface area contributed by atoms with Gasteiger partial charge in [0.05, 0.1) is 0 Å². The predicted molar refractivity (Wildman–Crippen MR) is 69.8 cm³/mol. The molecule has 1 aliphatic carbocycles. The Balaban J connectivity index is 1.89. The van der Waals surface area contributed by atoms with Crippen molar-refractivity contribution in [2.75, 3.05) is 19.6 Å². The van der Waals surface area contributed by atoms with Gasteiger partial charge in [0, 0.05) is 31.6 Å². The van der Waals surface area contributed by atoms with Crippen LogP contribution in [0.2, 0.25) is 0 Å². The molecule has 1 N–H and O–H groups in total. The van der Waals surface area contributed by atoms with Gasteiger partial charge in [0.2, 0.25) is 5.91 Å². The highest BCUT2D eigenvalue weighted by Gasteiger charge is 2.30. The van der Waals surface area contributed by atoms with Gasteiger partial charge in [-0.15, -0.1) is 0 Å². The van der Waals surface area contributed by atoms with E-state index in [2.05, 4.69) is 24.1 Å². The van der Waals surface area contributed by atoms with E-state index in [0.717, 1.165) is 32.5 Å². The zero-order chi connectivity index (χ0) is 12.3. The molecule has 1 heterocycles. The lowest BCUT2D eigenvalue weighted by atomic mass is 9.88. The van der Waals surface area contributed by atoms with Gasteiger partial charge in [0.15, 0.2) is 0 Å². The average Bonchev–Trinajstić information content (AvgIpc) is 2.39. The van der Waals surface area contributed by atoms with Crippen molar-refractivity contribution in [1.82, 2.24) is 10.2 Å². The van der Waals surface area contributed by atoms with Crippen LogP contribution in [0.5, 0.6) is 0 Å². The number of nitrogens with one attached hydrogen (secondary N) is 1. The van der Waals surface area contributed by atoms with E-state index in [1.54, 1.807) is 0 Å². The van der Waals surface area contributed by atoms with Crippen LogP contribution in [-0.4, -0.2) is 36.5 Å². The third kappa shape index (κ3) is 3.21. The number of carbonyl (C=O) groups excluding carboxylic acids is 1. The minimum Gasteiger partial charge on any atom is -0.340 e. The molecule has 0 radical (unpaired) electrons. The molecule has 1 saturated carbocycles. The average molecular weight is 238 g/mol. The van der Waals surface area contributed by atoms with Gasteiger partial charge in [0.25, 0.3) is 0 Å². The number of hydrogen-bond acceptors (Lipinski definition) is 2. The first-order valence-corrected chi connectivity index (χ1v) is 7.20. The number of piperazine rings is 1. The Kier molecular flexibility index (Phi) is 4.43. The van der Waals surface area contributed by atoms with E-state index in [9.17, 15) is 4.79 Å². The first-order chi connectivity index (χ1) is 8.18. The number of carbonyl (C=O) groups is 1. The molecule has 1 atom stereocenters. The lowest BCUT2D eigenvalue weighted by molar-refractivity contribution is -0.138. The number of amides is 1. The standard InChI is InChI=1S/C14H26N2O/c1-11(2)13-10-16(9-8-15-13)14(17)12-6-4-3-5-7-12/h11-13,15H,3-10H2,1-2H3. The molecular formula is C14H26N2O. The molecule has 3 heteroatoms. The largest absolute Gasteiger partial charge is 0.340 e. The summed E-state index contributed by atoms with van der Waals surface area (Å²) in [4.78, 5) is 14.5. The molecule has 1 saturated heterocycles. The fraction of sp³-hybridized carbons (Fsp3) is 0.929. The molecule has 1 unspecified atom stereocenters. The Bertz CT molecular complexity index is 259. The lowest BCUT2D eigenvalue weighted by Gasteiger charge is -2.38. The molecule has 2 fully saturated rings.